The lowest BCUT2D eigenvalue weighted by molar-refractivity contribution is -0.118. The van der Waals surface area contributed by atoms with E-state index in [1.807, 2.05) is 91.0 Å². The van der Waals surface area contributed by atoms with Crippen molar-refractivity contribution in [2.24, 2.45) is 7.05 Å². The average Bonchev–Trinajstić information content (AvgIpc) is 3.71. The van der Waals surface area contributed by atoms with Crippen LogP contribution in [0.1, 0.15) is 33.1 Å². The van der Waals surface area contributed by atoms with Gasteiger partial charge in [-0.1, -0.05) is 91.0 Å². The summed E-state index contributed by atoms with van der Waals surface area (Å²) in [4.78, 5) is 27.5. The number of rotatable bonds is 10. The van der Waals surface area contributed by atoms with Crippen molar-refractivity contribution >= 4 is 17.5 Å². The molecule has 0 spiro atoms. The van der Waals surface area contributed by atoms with Crippen LogP contribution in [0.3, 0.4) is 0 Å². The van der Waals surface area contributed by atoms with Gasteiger partial charge in [0.15, 0.2) is 0 Å². The number of benzene rings is 4. The monoisotopic (exact) mass is 598 g/mol. The molecule has 1 atom stereocenters. The Bertz CT molecular complexity index is 1860. The fraction of sp³-hybridized carbons (Fsp3) is 0.111. The predicted octanol–water partition coefficient (Wildman–Crippen LogP) is 6.04. The van der Waals surface area contributed by atoms with Crippen molar-refractivity contribution in [2.45, 2.75) is 18.5 Å². The SMILES string of the molecule is Cn1nccc1C(=O)NC(C(=O)Nc1ccc(-c2cnn(Cc3ccccc3)c2)c(F)c1)C(c1ccccc1)c1ccccc1. The van der Waals surface area contributed by atoms with Crippen molar-refractivity contribution in [2.75, 3.05) is 5.32 Å². The summed E-state index contributed by atoms with van der Waals surface area (Å²) in [6, 6.07) is 34.0. The molecule has 8 nitrogen and oxygen atoms in total. The molecule has 2 heterocycles. The van der Waals surface area contributed by atoms with Crippen LogP contribution in [0.15, 0.2) is 134 Å². The summed E-state index contributed by atoms with van der Waals surface area (Å²) in [6.07, 6.45) is 4.93. The van der Waals surface area contributed by atoms with E-state index in [9.17, 15) is 9.59 Å². The van der Waals surface area contributed by atoms with Gasteiger partial charge in [0.2, 0.25) is 5.91 Å². The van der Waals surface area contributed by atoms with Crippen molar-refractivity contribution in [1.29, 1.82) is 0 Å². The van der Waals surface area contributed by atoms with E-state index in [4.69, 9.17) is 0 Å². The molecule has 0 aliphatic heterocycles. The number of nitrogens with zero attached hydrogens (tertiary/aromatic N) is 4. The van der Waals surface area contributed by atoms with Gasteiger partial charge in [0.25, 0.3) is 5.91 Å². The van der Waals surface area contributed by atoms with E-state index in [2.05, 4.69) is 20.8 Å². The molecule has 2 aromatic heterocycles. The minimum absolute atomic E-state index is 0.262. The largest absolute Gasteiger partial charge is 0.338 e. The minimum Gasteiger partial charge on any atom is -0.338 e. The Labute approximate surface area is 260 Å². The maximum atomic E-state index is 15.5. The maximum absolute atomic E-state index is 15.5. The van der Waals surface area contributed by atoms with Crippen LogP contribution in [0.25, 0.3) is 11.1 Å². The van der Waals surface area contributed by atoms with Gasteiger partial charge < -0.3 is 10.6 Å². The van der Waals surface area contributed by atoms with Crippen molar-refractivity contribution in [1.82, 2.24) is 24.9 Å². The van der Waals surface area contributed by atoms with Gasteiger partial charge in [-0.15, -0.1) is 0 Å². The molecule has 0 fully saturated rings. The van der Waals surface area contributed by atoms with Crippen molar-refractivity contribution in [3.05, 3.63) is 162 Å². The molecule has 4 aromatic carbocycles. The molecule has 45 heavy (non-hydrogen) atoms. The van der Waals surface area contributed by atoms with E-state index in [-0.39, 0.29) is 5.69 Å². The van der Waals surface area contributed by atoms with Crippen LogP contribution in [-0.4, -0.2) is 37.4 Å². The number of halogens is 1. The van der Waals surface area contributed by atoms with Crippen LogP contribution in [0.4, 0.5) is 10.1 Å². The molecule has 6 rings (SSSR count). The van der Waals surface area contributed by atoms with E-state index < -0.39 is 29.6 Å². The normalized spacial score (nSPS) is 11.7. The van der Waals surface area contributed by atoms with Crippen LogP contribution in [0.5, 0.6) is 0 Å². The minimum atomic E-state index is -1.05. The zero-order valence-electron chi connectivity index (χ0n) is 24.5. The molecule has 0 aliphatic carbocycles. The van der Waals surface area contributed by atoms with Gasteiger partial charge in [0, 0.05) is 42.2 Å². The zero-order valence-corrected chi connectivity index (χ0v) is 24.5. The summed E-state index contributed by atoms with van der Waals surface area (Å²) in [5.41, 5.74) is 4.30. The third-order valence-corrected chi connectivity index (χ3v) is 7.64. The second-order valence-corrected chi connectivity index (χ2v) is 10.7. The second kappa shape index (κ2) is 13.2. The highest BCUT2D eigenvalue weighted by Gasteiger charge is 2.33. The highest BCUT2D eigenvalue weighted by Crippen LogP contribution is 2.30. The molecule has 0 aliphatic rings. The molecule has 0 saturated heterocycles. The van der Waals surface area contributed by atoms with E-state index in [1.54, 1.807) is 42.3 Å². The molecule has 6 aromatic rings. The summed E-state index contributed by atoms with van der Waals surface area (Å²) in [5.74, 6) is -2.00. The number of aromatic nitrogens is 4. The maximum Gasteiger partial charge on any atom is 0.270 e. The van der Waals surface area contributed by atoms with E-state index in [0.29, 0.717) is 23.4 Å². The van der Waals surface area contributed by atoms with E-state index in [1.165, 1.54) is 16.9 Å². The molecule has 0 radical (unpaired) electrons. The number of nitrogens with one attached hydrogen (secondary N) is 2. The van der Waals surface area contributed by atoms with Crippen LogP contribution in [0, 0.1) is 5.82 Å². The summed E-state index contributed by atoms with van der Waals surface area (Å²) in [7, 11) is 1.66. The lowest BCUT2D eigenvalue weighted by Gasteiger charge is -2.28. The lowest BCUT2D eigenvalue weighted by Crippen LogP contribution is -2.48. The Morgan fingerprint density at radius 3 is 2.07 bits per heavy atom. The van der Waals surface area contributed by atoms with Gasteiger partial charge >= 0.3 is 0 Å². The molecule has 9 heteroatoms. The highest BCUT2D eigenvalue weighted by atomic mass is 19.1. The number of carbonyl (C=O) groups is 2. The molecule has 0 saturated carbocycles. The Hall–Kier alpha value is -5.83. The third kappa shape index (κ3) is 6.73. The molecule has 0 bridgehead atoms. The topological polar surface area (TPSA) is 93.8 Å². The Morgan fingerprint density at radius 1 is 0.822 bits per heavy atom. The number of anilines is 1. The number of hydrogen-bond acceptors (Lipinski definition) is 4. The highest BCUT2D eigenvalue weighted by molar-refractivity contribution is 6.01. The number of amides is 2. The van der Waals surface area contributed by atoms with Crippen molar-refractivity contribution in [3.8, 4) is 11.1 Å². The Kier molecular flexibility index (Phi) is 8.59. The summed E-state index contributed by atoms with van der Waals surface area (Å²) in [6.45, 7) is 0.562. The fourth-order valence-corrected chi connectivity index (χ4v) is 5.42. The van der Waals surface area contributed by atoms with Crippen LogP contribution >= 0.6 is 0 Å². The van der Waals surface area contributed by atoms with Crippen LogP contribution in [-0.2, 0) is 18.4 Å². The average molecular weight is 599 g/mol. The lowest BCUT2D eigenvalue weighted by atomic mass is 9.84. The summed E-state index contributed by atoms with van der Waals surface area (Å²) in [5, 5.41) is 14.3. The van der Waals surface area contributed by atoms with Crippen molar-refractivity contribution in [3.63, 3.8) is 0 Å². The predicted molar refractivity (Wildman–Crippen MR) is 171 cm³/mol. The van der Waals surface area contributed by atoms with Gasteiger partial charge in [-0.3, -0.25) is 19.0 Å². The summed E-state index contributed by atoms with van der Waals surface area (Å²) < 4.78 is 18.7. The first-order valence-corrected chi connectivity index (χ1v) is 14.5. The number of hydrogen-bond donors (Lipinski definition) is 2. The fourth-order valence-electron chi connectivity index (χ4n) is 5.42. The molecule has 1 unspecified atom stereocenters. The molecule has 224 valence electrons. The molecule has 2 amide bonds. The standard InChI is InChI=1S/C36H31FN6O2/c1-42-32(19-20-38-42)35(44)41-34(33(26-13-7-3-8-14-26)27-15-9-4-10-16-27)36(45)40-29-17-18-30(31(37)21-29)28-22-39-43(24-28)23-25-11-5-2-6-12-25/h2-22,24,33-34H,23H2,1H3,(H,40,45)(H,41,44). The second-order valence-electron chi connectivity index (χ2n) is 10.7. The Morgan fingerprint density at radius 2 is 1.47 bits per heavy atom. The third-order valence-electron chi connectivity index (χ3n) is 7.64. The van der Waals surface area contributed by atoms with Gasteiger partial charge in [-0.2, -0.15) is 10.2 Å². The van der Waals surface area contributed by atoms with Gasteiger partial charge in [-0.25, -0.2) is 4.39 Å². The quantitative estimate of drug-likeness (QED) is 0.201. The van der Waals surface area contributed by atoms with Gasteiger partial charge in [0.05, 0.1) is 12.7 Å². The molecular weight excluding hydrogens is 567 g/mol. The van der Waals surface area contributed by atoms with Gasteiger partial charge in [0.1, 0.15) is 17.6 Å². The van der Waals surface area contributed by atoms with Crippen molar-refractivity contribution < 1.29 is 14.0 Å². The first-order valence-electron chi connectivity index (χ1n) is 14.5. The number of carbonyl (C=O) groups excluding carboxylic acids is 2. The first-order chi connectivity index (χ1) is 22.0. The number of aryl methyl sites for hydroxylation is 1. The van der Waals surface area contributed by atoms with Gasteiger partial charge in [-0.05, 0) is 41.0 Å². The molecular formula is C36H31FN6O2. The van der Waals surface area contributed by atoms with E-state index >= 15 is 4.39 Å². The first kappa shape index (κ1) is 29.3. The summed E-state index contributed by atoms with van der Waals surface area (Å²) >= 11 is 0. The zero-order chi connectivity index (χ0) is 31.2. The molecule has 2 N–H and O–H groups in total. The van der Waals surface area contributed by atoms with E-state index in [0.717, 1.165) is 16.7 Å². The smallest absolute Gasteiger partial charge is 0.270 e. The Balaban J connectivity index is 1.28. The van der Waals surface area contributed by atoms with Crippen LogP contribution in [0.2, 0.25) is 0 Å². The van der Waals surface area contributed by atoms with Crippen LogP contribution < -0.4 is 10.6 Å².